The number of para-hydroxylation sites is 1. The van der Waals surface area contributed by atoms with Crippen LogP contribution in [0.15, 0.2) is 42.6 Å². The third-order valence-electron chi connectivity index (χ3n) is 9.27. The summed E-state index contributed by atoms with van der Waals surface area (Å²) in [6.07, 6.45) is 5.40. The van der Waals surface area contributed by atoms with Crippen LogP contribution in [0.25, 0.3) is 10.9 Å². The van der Waals surface area contributed by atoms with Crippen molar-refractivity contribution in [3.05, 3.63) is 59.3 Å². The molecule has 4 aliphatic rings. The van der Waals surface area contributed by atoms with Crippen LogP contribution >= 0.6 is 0 Å². The number of aryl methyl sites for hydroxylation is 1. The number of likely N-dealkylation sites (tertiary alicyclic amines) is 1. The number of hydrogen-bond donors (Lipinski definition) is 4. The number of nitrogens with one attached hydrogen (secondary N) is 4. The lowest BCUT2D eigenvalue weighted by atomic mass is 9.93. The fraction of sp³-hybridized carbons (Fsp3) is 0.467. The number of amides is 5. The average molecular weight is 557 g/mol. The minimum absolute atomic E-state index is 0.0169. The fourth-order valence-electron chi connectivity index (χ4n) is 6.90. The number of aromatic amines is 1. The van der Waals surface area contributed by atoms with E-state index in [0.29, 0.717) is 51.9 Å². The summed E-state index contributed by atoms with van der Waals surface area (Å²) < 4.78 is 0. The van der Waals surface area contributed by atoms with E-state index < -0.39 is 6.04 Å². The Morgan fingerprint density at radius 2 is 1.78 bits per heavy atom. The molecule has 4 N–H and O–H groups in total. The standard InChI is InChI=1S/C30H36N8O3/c39-28-27(8-6-19-5-7-26-23(16-32-35-26)24(19)18-37(28)22-9-12-31-15-22)34-29(40)36-13-10-21(11-14-36)38-17-20-3-1-2-4-25(20)33-30(38)41/h1-5,7,16,21-22,27,31H,6,8-15,17-18H2,(H,32,35)(H,33,41)(H,34,40)/t22?,27-/m1/s1. The van der Waals surface area contributed by atoms with Gasteiger partial charge in [-0.25, -0.2) is 9.59 Å². The number of fused-ring (bicyclic) bond motifs is 4. The number of aromatic nitrogens is 2. The van der Waals surface area contributed by atoms with Crippen molar-refractivity contribution in [2.45, 2.75) is 63.3 Å². The van der Waals surface area contributed by atoms with E-state index >= 15 is 0 Å². The maximum absolute atomic E-state index is 14.0. The molecule has 11 nitrogen and oxygen atoms in total. The Hall–Kier alpha value is -4.12. The van der Waals surface area contributed by atoms with Crippen molar-refractivity contribution in [2.75, 3.05) is 31.5 Å². The zero-order valence-corrected chi connectivity index (χ0v) is 23.1. The summed E-state index contributed by atoms with van der Waals surface area (Å²) in [7, 11) is 0. The Labute approximate surface area is 238 Å². The molecule has 11 heteroatoms. The van der Waals surface area contributed by atoms with E-state index in [0.717, 1.165) is 47.2 Å². The normalized spacial score (nSPS) is 23.6. The molecule has 2 aromatic carbocycles. The van der Waals surface area contributed by atoms with Crippen LogP contribution < -0.4 is 16.0 Å². The zero-order chi connectivity index (χ0) is 27.9. The van der Waals surface area contributed by atoms with Gasteiger partial charge in [0.25, 0.3) is 0 Å². The fourth-order valence-corrected chi connectivity index (χ4v) is 6.90. The minimum Gasteiger partial charge on any atom is -0.332 e. The van der Waals surface area contributed by atoms with Crippen LogP contribution in [0.3, 0.4) is 0 Å². The van der Waals surface area contributed by atoms with Crippen LogP contribution in [0.1, 0.15) is 42.4 Å². The van der Waals surface area contributed by atoms with E-state index in [1.165, 1.54) is 5.56 Å². The van der Waals surface area contributed by atoms with Crippen molar-refractivity contribution in [3.63, 3.8) is 0 Å². The van der Waals surface area contributed by atoms with Gasteiger partial charge in [-0.2, -0.15) is 5.10 Å². The molecule has 1 unspecified atom stereocenters. The second kappa shape index (κ2) is 10.7. The van der Waals surface area contributed by atoms with Gasteiger partial charge in [0.2, 0.25) is 5.91 Å². The number of anilines is 1. The molecule has 0 aliphatic carbocycles. The zero-order valence-electron chi connectivity index (χ0n) is 23.1. The summed E-state index contributed by atoms with van der Waals surface area (Å²) in [5.74, 6) is -0.0169. The van der Waals surface area contributed by atoms with Crippen molar-refractivity contribution in [3.8, 4) is 0 Å². The first-order valence-corrected chi connectivity index (χ1v) is 14.7. The number of piperidine rings is 1. The van der Waals surface area contributed by atoms with Gasteiger partial charge in [-0.15, -0.1) is 0 Å². The smallest absolute Gasteiger partial charge is 0.322 e. The molecule has 3 aromatic rings. The lowest BCUT2D eigenvalue weighted by molar-refractivity contribution is -0.136. The molecule has 0 spiro atoms. The number of urea groups is 2. The maximum atomic E-state index is 14.0. The van der Waals surface area contributed by atoms with Crippen LogP contribution in [0.5, 0.6) is 0 Å². The predicted molar refractivity (Wildman–Crippen MR) is 154 cm³/mol. The summed E-state index contributed by atoms with van der Waals surface area (Å²) in [4.78, 5) is 45.9. The molecule has 214 valence electrons. The van der Waals surface area contributed by atoms with Crippen LogP contribution in [-0.2, 0) is 24.3 Å². The van der Waals surface area contributed by atoms with Crippen LogP contribution in [0, 0.1) is 0 Å². The molecule has 7 rings (SSSR count). The van der Waals surface area contributed by atoms with Crippen molar-refractivity contribution < 1.29 is 14.4 Å². The van der Waals surface area contributed by atoms with Crippen molar-refractivity contribution in [1.29, 1.82) is 0 Å². The lowest BCUT2D eigenvalue weighted by Gasteiger charge is -2.41. The minimum atomic E-state index is -0.585. The van der Waals surface area contributed by atoms with Gasteiger partial charge in [-0.1, -0.05) is 24.3 Å². The highest BCUT2D eigenvalue weighted by molar-refractivity contribution is 5.92. The van der Waals surface area contributed by atoms with Gasteiger partial charge in [0.15, 0.2) is 0 Å². The molecule has 41 heavy (non-hydrogen) atoms. The maximum Gasteiger partial charge on any atom is 0.322 e. The lowest BCUT2D eigenvalue weighted by Crippen LogP contribution is -2.57. The monoisotopic (exact) mass is 556 g/mol. The molecule has 1 aromatic heterocycles. The van der Waals surface area contributed by atoms with E-state index in [1.54, 1.807) is 4.90 Å². The highest BCUT2D eigenvalue weighted by Crippen LogP contribution is 2.30. The topological polar surface area (TPSA) is 126 Å². The highest BCUT2D eigenvalue weighted by atomic mass is 16.2. The molecule has 2 fully saturated rings. The second-order valence-corrected chi connectivity index (χ2v) is 11.6. The van der Waals surface area contributed by atoms with Crippen molar-refractivity contribution >= 4 is 34.6 Å². The molecule has 4 aliphatic heterocycles. The molecule has 0 saturated carbocycles. The van der Waals surface area contributed by atoms with Gasteiger partial charge >= 0.3 is 12.1 Å². The summed E-state index contributed by atoms with van der Waals surface area (Å²) in [6, 6.07) is 11.3. The number of rotatable bonds is 3. The van der Waals surface area contributed by atoms with Gasteiger partial charge in [0.1, 0.15) is 6.04 Å². The van der Waals surface area contributed by atoms with E-state index in [-0.39, 0.29) is 30.1 Å². The number of carbonyl (C=O) groups is 3. The van der Waals surface area contributed by atoms with E-state index in [1.807, 2.05) is 46.3 Å². The Balaban J connectivity index is 1.03. The number of H-pyrrole nitrogens is 1. The molecule has 2 atom stereocenters. The molecule has 5 heterocycles. The molecule has 2 saturated heterocycles. The number of benzene rings is 2. The van der Waals surface area contributed by atoms with Crippen LogP contribution in [0.2, 0.25) is 0 Å². The Morgan fingerprint density at radius 1 is 0.927 bits per heavy atom. The predicted octanol–water partition coefficient (Wildman–Crippen LogP) is 2.79. The number of nitrogens with zero attached hydrogens (tertiary/aromatic N) is 4. The summed E-state index contributed by atoms with van der Waals surface area (Å²) in [6.45, 7) is 3.81. The molecular weight excluding hydrogens is 520 g/mol. The first-order valence-electron chi connectivity index (χ1n) is 14.7. The summed E-state index contributed by atoms with van der Waals surface area (Å²) >= 11 is 0. The molecule has 0 radical (unpaired) electrons. The van der Waals surface area contributed by atoms with E-state index in [9.17, 15) is 14.4 Å². The van der Waals surface area contributed by atoms with Crippen LogP contribution in [-0.4, -0.2) is 87.2 Å². The summed E-state index contributed by atoms with van der Waals surface area (Å²) in [5.41, 5.74) is 5.29. The van der Waals surface area contributed by atoms with E-state index in [4.69, 9.17) is 0 Å². The second-order valence-electron chi connectivity index (χ2n) is 11.6. The van der Waals surface area contributed by atoms with Gasteiger partial charge in [-0.05, 0) is 67.5 Å². The van der Waals surface area contributed by atoms with Crippen molar-refractivity contribution in [1.82, 2.24) is 35.5 Å². The first kappa shape index (κ1) is 25.8. The number of hydrogen-bond acceptors (Lipinski definition) is 5. The van der Waals surface area contributed by atoms with Gasteiger partial charge < -0.3 is 30.7 Å². The Bertz CT molecular complexity index is 1470. The molecule has 5 amide bonds. The van der Waals surface area contributed by atoms with Gasteiger partial charge in [0, 0.05) is 55.9 Å². The quantitative estimate of drug-likeness (QED) is 0.395. The Morgan fingerprint density at radius 3 is 2.61 bits per heavy atom. The van der Waals surface area contributed by atoms with Crippen LogP contribution in [0.4, 0.5) is 15.3 Å². The average Bonchev–Trinajstić information content (AvgIpc) is 3.70. The Kier molecular flexibility index (Phi) is 6.74. The largest absolute Gasteiger partial charge is 0.332 e. The van der Waals surface area contributed by atoms with Gasteiger partial charge in [0.05, 0.1) is 11.7 Å². The van der Waals surface area contributed by atoms with Crippen molar-refractivity contribution in [2.24, 2.45) is 0 Å². The van der Waals surface area contributed by atoms with E-state index in [2.05, 4.69) is 32.2 Å². The third kappa shape index (κ3) is 4.88. The highest BCUT2D eigenvalue weighted by Gasteiger charge is 2.37. The summed E-state index contributed by atoms with van der Waals surface area (Å²) in [5, 5.41) is 17.8. The number of carbonyl (C=O) groups excluding carboxylic acids is 3. The van der Waals surface area contributed by atoms with Gasteiger partial charge in [-0.3, -0.25) is 9.89 Å². The first-order chi connectivity index (χ1) is 20.0. The molecular formula is C30H36N8O3. The third-order valence-corrected chi connectivity index (χ3v) is 9.27. The molecule has 0 bridgehead atoms. The SMILES string of the molecule is O=C(N[C@@H]1CCc2ccc3[nH]ncc3c2CN(C2CCNC2)C1=O)N1CCC(N2Cc3ccccc3NC2=O)CC1.